The van der Waals surface area contributed by atoms with E-state index in [0.717, 1.165) is 31.9 Å². The Kier molecular flexibility index (Phi) is 7.23. The van der Waals surface area contributed by atoms with Gasteiger partial charge in [-0.2, -0.15) is 0 Å². The van der Waals surface area contributed by atoms with Crippen LogP contribution in [-0.4, -0.2) is 72.9 Å². The summed E-state index contributed by atoms with van der Waals surface area (Å²) < 4.78 is 9.96. The van der Waals surface area contributed by atoms with Crippen molar-refractivity contribution in [3.8, 4) is 5.75 Å². The zero-order chi connectivity index (χ0) is 25.9. The van der Waals surface area contributed by atoms with Crippen LogP contribution in [0, 0.1) is 15.5 Å². The van der Waals surface area contributed by atoms with Crippen LogP contribution in [0.25, 0.3) is 0 Å². The third-order valence-electron chi connectivity index (χ3n) is 7.25. The Bertz CT molecular complexity index is 1190. The van der Waals surface area contributed by atoms with Gasteiger partial charge in [-0.15, -0.1) is 0 Å². The fourth-order valence-electron chi connectivity index (χ4n) is 5.17. The second kappa shape index (κ2) is 10.3. The maximum atomic E-state index is 13.3. The van der Waals surface area contributed by atoms with Gasteiger partial charge in [0.2, 0.25) is 5.91 Å². The average Bonchev–Trinajstić information content (AvgIpc) is 3.30. The molecule has 0 saturated carbocycles. The number of nitro groups is 1. The molecule has 2 aromatic carbocycles. The van der Waals surface area contributed by atoms with Crippen LogP contribution in [-0.2, 0) is 16.0 Å². The lowest BCUT2D eigenvalue weighted by atomic mass is 9.77. The van der Waals surface area contributed by atoms with Gasteiger partial charge in [0.1, 0.15) is 11.3 Å². The fourth-order valence-corrected chi connectivity index (χ4v) is 5.17. The Hall–Kier alpha value is -3.95. The quantitative estimate of drug-likeness (QED) is 0.343. The van der Waals surface area contributed by atoms with E-state index in [1.165, 1.54) is 18.2 Å². The van der Waals surface area contributed by atoms with Gasteiger partial charge in [0.25, 0.3) is 11.6 Å². The molecule has 2 saturated heterocycles. The van der Waals surface area contributed by atoms with Crippen molar-refractivity contribution in [1.82, 2.24) is 9.80 Å². The van der Waals surface area contributed by atoms with E-state index in [1.807, 2.05) is 29.2 Å². The van der Waals surface area contributed by atoms with Gasteiger partial charge in [-0.3, -0.25) is 19.7 Å². The zero-order valence-electron chi connectivity index (χ0n) is 20.4. The number of rotatable bonds is 6. The highest BCUT2D eigenvalue weighted by molar-refractivity contribution is 6.08. The molecule has 2 aliphatic heterocycles. The van der Waals surface area contributed by atoms with Crippen LogP contribution in [0.1, 0.15) is 45.5 Å². The lowest BCUT2D eigenvalue weighted by Crippen LogP contribution is -2.45. The van der Waals surface area contributed by atoms with E-state index in [2.05, 4.69) is 0 Å². The number of ether oxygens (including phenoxy) is 2. The summed E-state index contributed by atoms with van der Waals surface area (Å²) in [5.41, 5.74) is -0.0258. The molecule has 36 heavy (non-hydrogen) atoms. The monoisotopic (exact) mass is 495 g/mol. The molecule has 2 aromatic rings. The van der Waals surface area contributed by atoms with Crippen molar-refractivity contribution < 1.29 is 28.8 Å². The molecule has 0 aromatic heterocycles. The minimum absolute atomic E-state index is 0.0287. The number of benzene rings is 2. The summed E-state index contributed by atoms with van der Waals surface area (Å²) in [6.07, 6.45) is 2.61. The summed E-state index contributed by atoms with van der Waals surface area (Å²) in [4.78, 5) is 52.8. The SMILES string of the molecule is COC(=O)c1c(C(=O)N2CCC3(CCN(C(=O)Cc4cccc(OC)c4)CC3)C2)cccc1[N+](=O)[O-]. The van der Waals surface area contributed by atoms with Gasteiger partial charge in [-0.05, 0) is 48.4 Å². The standard InChI is InChI=1S/C26H29N3O7/c1-35-19-6-3-5-18(15-19)16-22(30)27-12-9-26(10-13-27)11-14-28(17-26)24(31)20-7-4-8-21(29(33)34)23(20)25(32)36-2/h3-8,15H,9-14,16-17H2,1-2H3. The van der Waals surface area contributed by atoms with Gasteiger partial charge < -0.3 is 19.3 Å². The number of methoxy groups -OCH3 is 2. The molecular formula is C26H29N3O7. The van der Waals surface area contributed by atoms with Gasteiger partial charge in [0.05, 0.1) is 31.1 Å². The van der Waals surface area contributed by atoms with Crippen LogP contribution < -0.4 is 4.74 Å². The summed E-state index contributed by atoms with van der Waals surface area (Å²) in [5, 5.41) is 11.4. The van der Waals surface area contributed by atoms with E-state index in [-0.39, 0.29) is 22.4 Å². The first-order valence-electron chi connectivity index (χ1n) is 11.8. The predicted molar refractivity (Wildman–Crippen MR) is 130 cm³/mol. The molecule has 1 spiro atoms. The van der Waals surface area contributed by atoms with Crippen LogP contribution in [0.5, 0.6) is 5.75 Å². The first-order valence-corrected chi connectivity index (χ1v) is 11.8. The Morgan fingerprint density at radius 3 is 2.31 bits per heavy atom. The molecule has 190 valence electrons. The summed E-state index contributed by atoms with van der Waals surface area (Å²) in [6, 6.07) is 11.5. The number of nitro benzene ring substituents is 1. The van der Waals surface area contributed by atoms with Crippen molar-refractivity contribution in [3.05, 3.63) is 69.3 Å². The summed E-state index contributed by atoms with van der Waals surface area (Å²) >= 11 is 0. The largest absolute Gasteiger partial charge is 0.497 e. The van der Waals surface area contributed by atoms with E-state index in [0.29, 0.717) is 38.3 Å². The topological polar surface area (TPSA) is 119 Å². The van der Waals surface area contributed by atoms with E-state index >= 15 is 0 Å². The number of likely N-dealkylation sites (tertiary alicyclic amines) is 2. The Morgan fingerprint density at radius 2 is 1.67 bits per heavy atom. The normalized spacial score (nSPS) is 16.6. The number of carbonyl (C=O) groups is 3. The fraction of sp³-hybridized carbons (Fsp3) is 0.423. The van der Waals surface area contributed by atoms with Gasteiger partial charge in [0, 0.05) is 32.2 Å². The molecule has 10 heteroatoms. The lowest BCUT2D eigenvalue weighted by Gasteiger charge is -2.39. The van der Waals surface area contributed by atoms with E-state index in [4.69, 9.17) is 9.47 Å². The molecule has 10 nitrogen and oxygen atoms in total. The number of piperidine rings is 1. The lowest BCUT2D eigenvalue weighted by molar-refractivity contribution is -0.385. The molecule has 0 N–H and O–H groups in total. The van der Waals surface area contributed by atoms with Crippen LogP contribution in [0.2, 0.25) is 0 Å². The highest BCUT2D eigenvalue weighted by Gasteiger charge is 2.43. The second-order valence-corrected chi connectivity index (χ2v) is 9.33. The van der Waals surface area contributed by atoms with E-state index in [9.17, 15) is 24.5 Å². The maximum Gasteiger partial charge on any atom is 0.345 e. The van der Waals surface area contributed by atoms with Crippen LogP contribution >= 0.6 is 0 Å². The van der Waals surface area contributed by atoms with Crippen molar-refractivity contribution in [3.63, 3.8) is 0 Å². The first-order chi connectivity index (χ1) is 17.3. The molecule has 2 aliphatic rings. The second-order valence-electron chi connectivity index (χ2n) is 9.33. The van der Waals surface area contributed by atoms with Crippen molar-refractivity contribution >= 4 is 23.5 Å². The minimum atomic E-state index is -0.914. The van der Waals surface area contributed by atoms with Crippen LogP contribution in [0.3, 0.4) is 0 Å². The van der Waals surface area contributed by atoms with Crippen LogP contribution in [0.4, 0.5) is 5.69 Å². The van der Waals surface area contributed by atoms with Gasteiger partial charge in [0.15, 0.2) is 0 Å². The molecule has 0 unspecified atom stereocenters. The molecule has 0 bridgehead atoms. The third-order valence-corrected chi connectivity index (χ3v) is 7.25. The average molecular weight is 496 g/mol. The number of nitrogens with zero attached hydrogens (tertiary/aromatic N) is 3. The Morgan fingerprint density at radius 1 is 1.00 bits per heavy atom. The van der Waals surface area contributed by atoms with E-state index in [1.54, 1.807) is 12.0 Å². The number of hydrogen-bond donors (Lipinski definition) is 0. The molecule has 0 radical (unpaired) electrons. The Balaban J connectivity index is 1.41. The van der Waals surface area contributed by atoms with E-state index < -0.39 is 22.5 Å². The number of amides is 2. The van der Waals surface area contributed by atoms with Crippen molar-refractivity contribution in [2.45, 2.75) is 25.7 Å². The maximum absolute atomic E-state index is 13.3. The smallest absolute Gasteiger partial charge is 0.345 e. The van der Waals surface area contributed by atoms with Gasteiger partial charge in [-0.25, -0.2) is 4.79 Å². The summed E-state index contributed by atoms with van der Waals surface area (Å²) in [6.45, 7) is 2.18. The third kappa shape index (κ3) is 5.02. The first kappa shape index (κ1) is 25.2. The Labute approximate surface area is 208 Å². The van der Waals surface area contributed by atoms with Crippen LogP contribution in [0.15, 0.2) is 42.5 Å². The van der Waals surface area contributed by atoms with Gasteiger partial charge in [-0.1, -0.05) is 18.2 Å². The molecule has 4 rings (SSSR count). The van der Waals surface area contributed by atoms with Crippen molar-refractivity contribution in [1.29, 1.82) is 0 Å². The molecular weight excluding hydrogens is 466 g/mol. The predicted octanol–water partition coefficient (Wildman–Crippen LogP) is 3.09. The minimum Gasteiger partial charge on any atom is -0.497 e. The summed E-state index contributed by atoms with van der Waals surface area (Å²) in [5.74, 6) is -0.564. The highest BCUT2D eigenvalue weighted by atomic mass is 16.6. The number of esters is 1. The highest BCUT2D eigenvalue weighted by Crippen LogP contribution is 2.41. The van der Waals surface area contributed by atoms with Crippen molar-refractivity contribution in [2.75, 3.05) is 40.4 Å². The molecule has 2 amide bonds. The molecule has 2 heterocycles. The molecule has 0 atom stereocenters. The summed E-state index contributed by atoms with van der Waals surface area (Å²) in [7, 11) is 2.72. The van der Waals surface area contributed by atoms with Gasteiger partial charge >= 0.3 is 5.97 Å². The molecule has 2 fully saturated rings. The number of hydrogen-bond acceptors (Lipinski definition) is 7. The number of carbonyl (C=O) groups excluding carboxylic acids is 3. The van der Waals surface area contributed by atoms with Crippen molar-refractivity contribution in [2.24, 2.45) is 5.41 Å². The zero-order valence-corrected chi connectivity index (χ0v) is 20.4. The molecule has 0 aliphatic carbocycles.